The van der Waals surface area contributed by atoms with Crippen LogP contribution in [-0.2, 0) is 4.74 Å². The molecule has 0 radical (unpaired) electrons. The summed E-state index contributed by atoms with van der Waals surface area (Å²) in [5, 5.41) is 0. The van der Waals surface area contributed by atoms with Crippen molar-refractivity contribution in [1.29, 1.82) is 0 Å². The lowest BCUT2D eigenvalue weighted by Gasteiger charge is -2.20. The lowest BCUT2D eigenvalue weighted by molar-refractivity contribution is 0.0286. The van der Waals surface area contributed by atoms with Crippen molar-refractivity contribution in [2.75, 3.05) is 35.2 Å². The second-order valence-electron chi connectivity index (χ2n) is 7.61. The molecule has 2 aromatic carbocycles. The summed E-state index contributed by atoms with van der Waals surface area (Å²) in [4.78, 5) is 0. The van der Waals surface area contributed by atoms with E-state index in [2.05, 4.69) is 13.8 Å². The summed E-state index contributed by atoms with van der Waals surface area (Å²) in [6.07, 6.45) is -0.248. The van der Waals surface area contributed by atoms with Gasteiger partial charge in [0.05, 0.1) is 40.6 Å². The van der Waals surface area contributed by atoms with Crippen LogP contribution in [0.3, 0.4) is 0 Å². The first kappa shape index (κ1) is 20.5. The predicted octanol–water partition coefficient (Wildman–Crippen LogP) is 4.53. The van der Waals surface area contributed by atoms with Gasteiger partial charge in [0.2, 0.25) is 18.3 Å². The molecule has 162 valence electrons. The quantitative estimate of drug-likeness (QED) is 0.685. The molecule has 1 saturated heterocycles. The summed E-state index contributed by atoms with van der Waals surface area (Å²) in [5.74, 6) is 4.30. The Morgan fingerprint density at radius 3 is 1.77 bits per heavy atom. The van der Waals surface area contributed by atoms with Crippen LogP contribution in [0, 0.1) is 11.8 Å². The van der Waals surface area contributed by atoms with Gasteiger partial charge in [0.1, 0.15) is 0 Å². The first-order valence-corrected chi connectivity index (χ1v) is 9.95. The van der Waals surface area contributed by atoms with Crippen LogP contribution in [0.1, 0.15) is 37.2 Å². The van der Waals surface area contributed by atoms with Crippen LogP contribution < -0.4 is 28.4 Å². The predicted molar refractivity (Wildman–Crippen MR) is 110 cm³/mol. The molecule has 0 unspecified atom stereocenters. The number of fused-ring (bicyclic) bond motifs is 1. The van der Waals surface area contributed by atoms with Gasteiger partial charge in [-0.2, -0.15) is 0 Å². The Bertz CT molecular complexity index is 901. The highest BCUT2D eigenvalue weighted by Crippen LogP contribution is 2.53. The second kappa shape index (κ2) is 8.14. The zero-order chi connectivity index (χ0) is 21.4. The zero-order valence-corrected chi connectivity index (χ0v) is 18.2. The van der Waals surface area contributed by atoms with E-state index in [1.165, 1.54) is 0 Å². The smallest absolute Gasteiger partial charge is 0.231 e. The van der Waals surface area contributed by atoms with Gasteiger partial charge in [-0.3, -0.25) is 0 Å². The van der Waals surface area contributed by atoms with Crippen molar-refractivity contribution in [1.82, 2.24) is 0 Å². The van der Waals surface area contributed by atoms with Crippen molar-refractivity contribution in [3.05, 3.63) is 35.4 Å². The maximum absolute atomic E-state index is 6.59. The van der Waals surface area contributed by atoms with Gasteiger partial charge in [-0.1, -0.05) is 13.8 Å². The molecule has 30 heavy (non-hydrogen) atoms. The number of rotatable bonds is 6. The van der Waals surface area contributed by atoms with E-state index in [1.807, 2.05) is 24.3 Å². The third-order valence-corrected chi connectivity index (χ3v) is 6.10. The highest BCUT2D eigenvalue weighted by atomic mass is 16.7. The molecule has 0 aliphatic carbocycles. The normalized spacial score (nSPS) is 24.6. The Morgan fingerprint density at radius 1 is 0.700 bits per heavy atom. The lowest BCUT2D eigenvalue weighted by atomic mass is 9.85. The SMILES string of the molecule is COc1cc([C@@H]2O[C@H](c3cc(OC)c4c(c3)OCO4)[C@H](C)[C@H]2C)cc(OC)c1OC. The molecule has 1 fully saturated rings. The third kappa shape index (κ3) is 3.27. The molecule has 4 atom stereocenters. The average molecular weight is 416 g/mol. The average Bonchev–Trinajstić information content (AvgIpc) is 3.36. The van der Waals surface area contributed by atoms with E-state index in [1.54, 1.807) is 28.4 Å². The highest BCUT2D eigenvalue weighted by Gasteiger charge is 2.42. The molecular formula is C23H28O7. The van der Waals surface area contributed by atoms with Crippen molar-refractivity contribution in [3.8, 4) is 34.5 Å². The highest BCUT2D eigenvalue weighted by molar-refractivity contribution is 5.56. The minimum absolute atomic E-state index is 0.118. The number of methoxy groups -OCH3 is 4. The van der Waals surface area contributed by atoms with E-state index in [0.717, 1.165) is 11.1 Å². The number of hydrogen-bond acceptors (Lipinski definition) is 7. The van der Waals surface area contributed by atoms with E-state index in [4.69, 9.17) is 33.2 Å². The fourth-order valence-electron chi connectivity index (χ4n) is 4.30. The number of ether oxygens (including phenoxy) is 7. The van der Waals surface area contributed by atoms with Gasteiger partial charge in [-0.25, -0.2) is 0 Å². The molecule has 0 spiro atoms. The van der Waals surface area contributed by atoms with Gasteiger partial charge < -0.3 is 33.2 Å². The summed E-state index contributed by atoms with van der Waals surface area (Å²) in [5.41, 5.74) is 1.99. The molecule has 4 rings (SSSR count). The largest absolute Gasteiger partial charge is 0.493 e. The monoisotopic (exact) mass is 416 g/mol. The first-order valence-electron chi connectivity index (χ1n) is 9.95. The van der Waals surface area contributed by atoms with Crippen molar-refractivity contribution < 1.29 is 33.2 Å². The standard InChI is InChI=1S/C23H28O7/c1-12-13(2)21(15-9-18(26-5)23-19(10-15)28-11-29-23)30-20(12)14-7-16(24-3)22(27-6)17(8-14)25-4/h7-10,12-13,20-21H,11H2,1-6H3/t12-,13-,20-,21+/m1/s1. The van der Waals surface area contributed by atoms with Crippen molar-refractivity contribution in [3.63, 3.8) is 0 Å². The van der Waals surface area contributed by atoms with Crippen LogP contribution in [0.5, 0.6) is 34.5 Å². The van der Waals surface area contributed by atoms with Gasteiger partial charge in [0.25, 0.3) is 0 Å². The fourth-order valence-corrected chi connectivity index (χ4v) is 4.30. The van der Waals surface area contributed by atoms with Gasteiger partial charge >= 0.3 is 0 Å². The summed E-state index contributed by atoms with van der Waals surface area (Å²) in [7, 11) is 6.45. The van der Waals surface area contributed by atoms with Crippen LogP contribution in [0.2, 0.25) is 0 Å². The molecule has 0 amide bonds. The van der Waals surface area contributed by atoms with Gasteiger partial charge in [-0.15, -0.1) is 0 Å². The van der Waals surface area contributed by atoms with E-state index >= 15 is 0 Å². The molecule has 2 aliphatic rings. The van der Waals surface area contributed by atoms with Gasteiger partial charge in [0, 0.05) is 0 Å². The maximum Gasteiger partial charge on any atom is 0.231 e. The van der Waals surface area contributed by atoms with Crippen LogP contribution >= 0.6 is 0 Å². The Balaban J connectivity index is 1.69. The molecule has 0 bridgehead atoms. The van der Waals surface area contributed by atoms with E-state index in [-0.39, 0.29) is 30.8 Å². The molecule has 0 saturated carbocycles. The van der Waals surface area contributed by atoms with E-state index in [9.17, 15) is 0 Å². The Kier molecular flexibility index (Phi) is 5.56. The summed E-state index contributed by atoms with van der Waals surface area (Å²) in [6.45, 7) is 4.59. The number of hydrogen-bond donors (Lipinski definition) is 0. The minimum atomic E-state index is -0.130. The molecule has 2 heterocycles. The van der Waals surface area contributed by atoms with Crippen LogP contribution in [0.15, 0.2) is 24.3 Å². The maximum atomic E-state index is 6.59. The van der Waals surface area contributed by atoms with Crippen molar-refractivity contribution >= 4 is 0 Å². The molecule has 0 aromatic heterocycles. The Hall–Kier alpha value is -2.80. The van der Waals surface area contributed by atoms with Crippen molar-refractivity contribution in [2.24, 2.45) is 11.8 Å². The second-order valence-corrected chi connectivity index (χ2v) is 7.61. The summed E-state index contributed by atoms with van der Waals surface area (Å²) in [6, 6.07) is 7.87. The van der Waals surface area contributed by atoms with Crippen LogP contribution in [0.4, 0.5) is 0 Å². The van der Waals surface area contributed by atoms with Crippen molar-refractivity contribution in [2.45, 2.75) is 26.1 Å². The van der Waals surface area contributed by atoms with Crippen LogP contribution in [0.25, 0.3) is 0 Å². The first-order chi connectivity index (χ1) is 14.5. The summed E-state index contributed by atoms with van der Waals surface area (Å²) < 4.78 is 39.7. The van der Waals surface area contributed by atoms with Crippen LogP contribution in [-0.4, -0.2) is 35.2 Å². The molecule has 2 aliphatic heterocycles. The topological polar surface area (TPSA) is 64.6 Å². The molecule has 0 N–H and O–H groups in total. The van der Waals surface area contributed by atoms with E-state index < -0.39 is 0 Å². The lowest BCUT2D eigenvalue weighted by Crippen LogP contribution is -2.10. The van der Waals surface area contributed by atoms with E-state index in [0.29, 0.717) is 34.5 Å². The third-order valence-electron chi connectivity index (χ3n) is 6.10. The molecule has 7 nitrogen and oxygen atoms in total. The Morgan fingerprint density at radius 2 is 1.23 bits per heavy atom. The zero-order valence-electron chi connectivity index (χ0n) is 18.2. The van der Waals surface area contributed by atoms with Gasteiger partial charge in [-0.05, 0) is 47.2 Å². The molecule has 7 heteroatoms. The fraction of sp³-hybridized carbons (Fsp3) is 0.478. The molecular weight excluding hydrogens is 388 g/mol. The Labute approximate surface area is 176 Å². The molecule has 2 aromatic rings. The number of benzene rings is 2. The minimum Gasteiger partial charge on any atom is -0.493 e. The van der Waals surface area contributed by atoms with Gasteiger partial charge in [0.15, 0.2) is 23.0 Å². The summed E-state index contributed by atoms with van der Waals surface area (Å²) >= 11 is 0.